The van der Waals surface area contributed by atoms with Crippen LogP contribution in [0.25, 0.3) is 72.0 Å². The summed E-state index contributed by atoms with van der Waals surface area (Å²) in [7, 11) is 0. The summed E-state index contributed by atoms with van der Waals surface area (Å²) in [4.78, 5) is 2.48. The highest BCUT2D eigenvalue weighted by Crippen LogP contribution is 2.50. The third-order valence-electron chi connectivity index (χ3n) is 10.8. The van der Waals surface area contributed by atoms with Gasteiger partial charge in [-0.1, -0.05) is 188 Å². The van der Waals surface area contributed by atoms with Crippen molar-refractivity contribution in [3.05, 3.63) is 231 Å². The Labute approximate surface area is 327 Å². The second-order valence-corrected chi connectivity index (χ2v) is 14.1. The lowest BCUT2D eigenvalue weighted by Crippen LogP contribution is -2.13. The lowest BCUT2D eigenvalue weighted by Gasteiger charge is -2.32. The molecule has 1 heterocycles. The maximum atomic E-state index is 2.48. The molecule has 2 heteroatoms. The van der Waals surface area contributed by atoms with Crippen LogP contribution < -0.4 is 4.90 Å². The van der Waals surface area contributed by atoms with Crippen molar-refractivity contribution in [2.45, 2.75) is 0 Å². The lowest BCUT2D eigenvalue weighted by molar-refractivity contribution is 1.17. The molecule has 0 radical (unpaired) electrons. The van der Waals surface area contributed by atoms with Crippen LogP contribution in [0.5, 0.6) is 0 Å². The van der Waals surface area contributed by atoms with Crippen LogP contribution in [0.1, 0.15) is 0 Å². The molecule has 0 aliphatic carbocycles. The fourth-order valence-corrected chi connectivity index (χ4v) is 8.35. The minimum atomic E-state index is 1.07. The molecule has 0 amide bonds. The number of nitrogens with zero attached hydrogens (tertiary/aromatic N) is 2. The van der Waals surface area contributed by atoms with Crippen LogP contribution in [0.15, 0.2) is 231 Å². The molecule has 10 aromatic rings. The van der Waals surface area contributed by atoms with E-state index >= 15 is 0 Å². The minimum Gasteiger partial charge on any atom is -0.309 e. The number of benzene rings is 9. The van der Waals surface area contributed by atoms with Crippen molar-refractivity contribution in [2.24, 2.45) is 0 Å². The highest BCUT2D eigenvalue weighted by Gasteiger charge is 2.25. The van der Waals surface area contributed by atoms with Crippen molar-refractivity contribution in [3.63, 3.8) is 0 Å². The average Bonchev–Trinajstić information content (AvgIpc) is 3.62. The van der Waals surface area contributed by atoms with E-state index in [1.807, 2.05) is 0 Å². The average molecular weight is 715 g/mol. The van der Waals surface area contributed by atoms with E-state index in [1.54, 1.807) is 0 Å². The quantitative estimate of drug-likeness (QED) is 0.152. The first-order valence-corrected chi connectivity index (χ1v) is 19.2. The monoisotopic (exact) mass is 714 g/mol. The van der Waals surface area contributed by atoms with E-state index in [9.17, 15) is 0 Å². The Morgan fingerprint density at radius 1 is 0.304 bits per heavy atom. The summed E-state index contributed by atoms with van der Waals surface area (Å²) < 4.78 is 2.40. The van der Waals surface area contributed by atoms with Gasteiger partial charge in [-0.2, -0.15) is 0 Å². The summed E-state index contributed by atoms with van der Waals surface area (Å²) in [5.41, 5.74) is 16.1. The van der Waals surface area contributed by atoms with Crippen LogP contribution in [-0.2, 0) is 0 Å². The molecule has 0 aliphatic heterocycles. The second-order valence-electron chi connectivity index (χ2n) is 14.1. The summed E-state index contributed by atoms with van der Waals surface area (Å²) in [6.45, 7) is 0. The molecular weight excluding hydrogens is 677 g/mol. The normalized spacial score (nSPS) is 11.2. The molecule has 0 unspecified atom stereocenters. The highest BCUT2D eigenvalue weighted by atomic mass is 15.2. The van der Waals surface area contributed by atoms with E-state index in [2.05, 4.69) is 240 Å². The first kappa shape index (κ1) is 33.2. The van der Waals surface area contributed by atoms with Crippen molar-refractivity contribution < 1.29 is 0 Å². The molecule has 0 atom stereocenters. The molecular formula is C54H38N2. The lowest BCUT2D eigenvalue weighted by atomic mass is 9.87. The predicted molar refractivity (Wildman–Crippen MR) is 237 cm³/mol. The van der Waals surface area contributed by atoms with E-state index in [0.29, 0.717) is 0 Å². The van der Waals surface area contributed by atoms with Gasteiger partial charge in [-0.25, -0.2) is 0 Å². The predicted octanol–water partition coefficient (Wildman–Crippen LogP) is 14.9. The van der Waals surface area contributed by atoms with Gasteiger partial charge in [-0.15, -0.1) is 0 Å². The molecule has 0 fully saturated rings. The Bertz CT molecular complexity index is 2910. The van der Waals surface area contributed by atoms with Gasteiger partial charge >= 0.3 is 0 Å². The van der Waals surface area contributed by atoms with Gasteiger partial charge in [-0.05, 0) is 75.8 Å². The maximum Gasteiger partial charge on any atom is 0.0546 e. The van der Waals surface area contributed by atoms with Gasteiger partial charge in [0.25, 0.3) is 0 Å². The number of aromatic nitrogens is 1. The molecule has 0 N–H and O–H groups in total. The Hall–Kier alpha value is -7.42. The van der Waals surface area contributed by atoms with Crippen LogP contribution in [0.3, 0.4) is 0 Å². The molecule has 0 saturated heterocycles. The highest BCUT2D eigenvalue weighted by molar-refractivity contribution is 6.09. The summed E-state index contributed by atoms with van der Waals surface area (Å²) in [5.74, 6) is 0. The number of rotatable bonds is 8. The Balaban J connectivity index is 1.29. The van der Waals surface area contributed by atoms with Gasteiger partial charge in [0, 0.05) is 33.3 Å². The summed E-state index contributed by atoms with van der Waals surface area (Å²) >= 11 is 0. The SMILES string of the molecule is c1ccc(-c2ccccc2-c2c(-c3ccccc3)cccc2N(c2cccc(-n3c4ccccc4c4ccccc43)c2)c2ccccc2-c2ccccc2)cc1. The van der Waals surface area contributed by atoms with Crippen LogP contribution in [0.2, 0.25) is 0 Å². The standard InChI is InChI=1S/C54H38N2/c1-4-20-39(21-5-1)44-28-10-11-32-49(44)54-46(41-24-8-3-9-25-41)33-19-37-53(54)56(50-34-15-12-29-45(50)40-22-6-2-7-23-40)43-27-18-26-42(38-43)55-51-35-16-13-30-47(51)48-31-14-17-36-52(48)55/h1-38H. The zero-order chi connectivity index (χ0) is 37.3. The van der Waals surface area contributed by atoms with E-state index in [-0.39, 0.29) is 0 Å². The third-order valence-corrected chi connectivity index (χ3v) is 10.8. The molecule has 56 heavy (non-hydrogen) atoms. The zero-order valence-electron chi connectivity index (χ0n) is 30.8. The molecule has 0 bridgehead atoms. The van der Waals surface area contributed by atoms with Gasteiger partial charge < -0.3 is 9.47 Å². The van der Waals surface area contributed by atoms with E-state index in [0.717, 1.165) is 33.9 Å². The van der Waals surface area contributed by atoms with Crippen LogP contribution in [-0.4, -0.2) is 4.57 Å². The number of anilines is 3. The Kier molecular flexibility index (Phi) is 8.55. The number of fused-ring (bicyclic) bond motifs is 3. The molecule has 0 spiro atoms. The number of hydrogen-bond donors (Lipinski definition) is 0. The van der Waals surface area contributed by atoms with E-state index in [1.165, 1.54) is 55.2 Å². The van der Waals surface area contributed by atoms with Crippen molar-refractivity contribution in [2.75, 3.05) is 4.90 Å². The van der Waals surface area contributed by atoms with Crippen LogP contribution in [0, 0.1) is 0 Å². The molecule has 10 rings (SSSR count). The minimum absolute atomic E-state index is 1.07. The smallest absolute Gasteiger partial charge is 0.0546 e. The van der Waals surface area contributed by atoms with Gasteiger partial charge in [0.05, 0.1) is 22.4 Å². The number of para-hydroxylation sites is 3. The van der Waals surface area contributed by atoms with Crippen LogP contribution >= 0.6 is 0 Å². The maximum absolute atomic E-state index is 2.48. The molecule has 264 valence electrons. The summed E-state index contributed by atoms with van der Waals surface area (Å²) in [5, 5.41) is 2.49. The Morgan fingerprint density at radius 3 is 1.39 bits per heavy atom. The molecule has 2 nitrogen and oxygen atoms in total. The first-order chi connectivity index (χ1) is 27.8. The molecule has 1 aromatic heterocycles. The van der Waals surface area contributed by atoms with Gasteiger partial charge in [0.15, 0.2) is 0 Å². The van der Waals surface area contributed by atoms with E-state index < -0.39 is 0 Å². The topological polar surface area (TPSA) is 8.17 Å². The number of hydrogen-bond acceptors (Lipinski definition) is 1. The largest absolute Gasteiger partial charge is 0.309 e. The molecule has 0 aliphatic rings. The van der Waals surface area contributed by atoms with Crippen molar-refractivity contribution in [1.82, 2.24) is 4.57 Å². The molecule has 0 saturated carbocycles. The fraction of sp³-hybridized carbons (Fsp3) is 0. The van der Waals surface area contributed by atoms with Gasteiger partial charge in [0.2, 0.25) is 0 Å². The third kappa shape index (κ3) is 5.85. The van der Waals surface area contributed by atoms with Crippen LogP contribution in [0.4, 0.5) is 17.1 Å². The van der Waals surface area contributed by atoms with Crippen molar-refractivity contribution in [3.8, 4) is 50.2 Å². The first-order valence-electron chi connectivity index (χ1n) is 19.2. The van der Waals surface area contributed by atoms with Crippen molar-refractivity contribution >= 4 is 38.9 Å². The molecule has 9 aromatic carbocycles. The van der Waals surface area contributed by atoms with E-state index in [4.69, 9.17) is 0 Å². The second kappa shape index (κ2) is 14.4. The summed E-state index contributed by atoms with van der Waals surface area (Å²) in [6, 6.07) is 83.2. The Morgan fingerprint density at radius 2 is 0.750 bits per heavy atom. The summed E-state index contributed by atoms with van der Waals surface area (Å²) in [6.07, 6.45) is 0. The van der Waals surface area contributed by atoms with Gasteiger partial charge in [-0.3, -0.25) is 0 Å². The fourth-order valence-electron chi connectivity index (χ4n) is 8.35. The zero-order valence-corrected chi connectivity index (χ0v) is 30.8. The van der Waals surface area contributed by atoms with Gasteiger partial charge in [0.1, 0.15) is 0 Å². The van der Waals surface area contributed by atoms with Crippen molar-refractivity contribution in [1.29, 1.82) is 0 Å².